The van der Waals surface area contributed by atoms with Crippen molar-refractivity contribution in [3.8, 4) is 0 Å². The Morgan fingerprint density at radius 2 is 2.00 bits per heavy atom. The first kappa shape index (κ1) is 18.8. The van der Waals surface area contributed by atoms with E-state index in [1.807, 2.05) is 0 Å². The Hall–Kier alpha value is -2.51. The Morgan fingerprint density at radius 3 is 2.56 bits per heavy atom. The first-order valence-electron chi connectivity index (χ1n) is 8.03. The van der Waals surface area contributed by atoms with E-state index in [9.17, 15) is 23.2 Å². The number of likely N-dealkylation sites (tertiary alicyclic amines) is 1. The molecule has 0 bridgehead atoms. The zero-order valence-corrected chi connectivity index (χ0v) is 14.1. The number of nitrogens with zero attached hydrogens (tertiary/aromatic N) is 1. The molecule has 1 heterocycles. The summed E-state index contributed by atoms with van der Waals surface area (Å²) in [5.41, 5.74) is 0.0449. The molecule has 1 fully saturated rings. The highest BCUT2D eigenvalue weighted by Gasteiger charge is 2.27. The van der Waals surface area contributed by atoms with Gasteiger partial charge >= 0.3 is 0 Å². The first-order chi connectivity index (χ1) is 11.8. The lowest BCUT2D eigenvalue weighted by Gasteiger charge is -2.20. The van der Waals surface area contributed by atoms with Gasteiger partial charge in [-0.3, -0.25) is 14.4 Å². The summed E-state index contributed by atoms with van der Waals surface area (Å²) in [6.45, 7) is 3.72. The van der Waals surface area contributed by atoms with E-state index in [1.54, 1.807) is 4.90 Å². The predicted molar refractivity (Wildman–Crippen MR) is 86.3 cm³/mol. The Bertz CT molecular complexity index is 681. The number of carbonyl (C=O) groups excluding carboxylic acids is 3. The van der Waals surface area contributed by atoms with Crippen LogP contribution in [-0.2, 0) is 14.4 Å². The summed E-state index contributed by atoms with van der Waals surface area (Å²) in [7, 11) is 0. The molecule has 3 amide bonds. The Balaban J connectivity index is 2.03. The van der Waals surface area contributed by atoms with Crippen LogP contribution in [0.1, 0.15) is 38.3 Å². The molecule has 0 spiro atoms. The van der Waals surface area contributed by atoms with Crippen LogP contribution in [0.2, 0.25) is 0 Å². The molecule has 2 unspecified atom stereocenters. The van der Waals surface area contributed by atoms with Gasteiger partial charge in [0.15, 0.2) is 0 Å². The first-order valence-corrected chi connectivity index (χ1v) is 8.03. The van der Waals surface area contributed by atoms with Crippen LogP contribution >= 0.6 is 0 Å². The average molecular weight is 353 g/mol. The van der Waals surface area contributed by atoms with Crippen molar-refractivity contribution in [3.05, 3.63) is 35.4 Å². The molecule has 2 N–H and O–H groups in total. The Kier molecular flexibility index (Phi) is 6.06. The van der Waals surface area contributed by atoms with Crippen LogP contribution < -0.4 is 10.6 Å². The van der Waals surface area contributed by atoms with Crippen molar-refractivity contribution in [2.75, 3.05) is 13.1 Å². The van der Waals surface area contributed by atoms with Gasteiger partial charge in [0.2, 0.25) is 17.7 Å². The van der Waals surface area contributed by atoms with E-state index in [4.69, 9.17) is 0 Å². The zero-order chi connectivity index (χ0) is 18.6. The molecular weight excluding hydrogens is 332 g/mol. The van der Waals surface area contributed by atoms with E-state index in [0.717, 1.165) is 6.07 Å². The third-order valence-corrected chi connectivity index (χ3v) is 4.10. The highest BCUT2D eigenvalue weighted by molar-refractivity contribution is 5.79. The summed E-state index contributed by atoms with van der Waals surface area (Å²) in [4.78, 5) is 36.6. The molecule has 0 aliphatic carbocycles. The molecule has 8 heteroatoms. The second-order valence-electron chi connectivity index (χ2n) is 6.14. The molecule has 0 aromatic heterocycles. The molecule has 1 aliphatic heterocycles. The van der Waals surface area contributed by atoms with Crippen molar-refractivity contribution < 1.29 is 23.2 Å². The summed E-state index contributed by atoms with van der Waals surface area (Å²) < 4.78 is 27.0. The number of hydrogen-bond acceptors (Lipinski definition) is 3. The lowest BCUT2D eigenvalue weighted by molar-refractivity contribution is -0.128. The lowest BCUT2D eigenvalue weighted by Crippen LogP contribution is -2.40. The van der Waals surface area contributed by atoms with Crippen molar-refractivity contribution >= 4 is 17.7 Å². The summed E-state index contributed by atoms with van der Waals surface area (Å²) >= 11 is 0. The molecule has 136 valence electrons. The molecule has 1 aromatic rings. The van der Waals surface area contributed by atoms with Crippen LogP contribution in [0.5, 0.6) is 0 Å². The van der Waals surface area contributed by atoms with Gasteiger partial charge in [-0.15, -0.1) is 0 Å². The van der Waals surface area contributed by atoms with Crippen LogP contribution in [0.25, 0.3) is 0 Å². The molecule has 1 saturated heterocycles. The van der Waals surface area contributed by atoms with Gasteiger partial charge in [0.1, 0.15) is 11.6 Å². The van der Waals surface area contributed by atoms with Crippen molar-refractivity contribution in [1.29, 1.82) is 0 Å². The van der Waals surface area contributed by atoms with Gasteiger partial charge in [0.25, 0.3) is 0 Å². The van der Waals surface area contributed by atoms with Crippen LogP contribution in [0.3, 0.4) is 0 Å². The Morgan fingerprint density at radius 1 is 1.28 bits per heavy atom. The van der Waals surface area contributed by atoms with Crippen molar-refractivity contribution in [1.82, 2.24) is 15.5 Å². The van der Waals surface area contributed by atoms with Gasteiger partial charge in [0.05, 0.1) is 12.5 Å². The molecule has 6 nitrogen and oxygen atoms in total. The monoisotopic (exact) mass is 353 g/mol. The van der Waals surface area contributed by atoms with Gasteiger partial charge in [0, 0.05) is 44.6 Å². The molecule has 1 aromatic carbocycles. The fourth-order valence-corrected chi connectivity index (χ4v) is 2.90. The van der Waals surface area contributed by atoms with E-state index in [2.05, 4.69) is 10.6 Å². The van der Waals surface area contributed by atoms with Crippen molar-refractivity contribution in [2.45, 2.75) is 38.8 Å². The number of hydrogen-bond donors (Lipinski definition) is 2. The maximum absolute atomic E-state index is 14.0. The number of nitrogens with one attached hydrogen (secondary N) is 2. The number of halogens is 2. The number of carbonyl (C=O) groups is 3. The van der Waals surface area contributed by atoms with E-state index >= 15 is 0 Å². The minimum atomic E-state index is -0.900. The van der Waals surface area contributed by atoms with Gasteiger partial charge in [-0.2, -0.15) is 0 Å². The van der Waals surface area contributed by atoms with Gasteiger partial charge in [-0.05, 0) is 12.5 Å². The maximum Gasteiger partial charge on any atom is 0.222 e. The lowest BCUT2D eigenvalue weighted by atomic mass is 10.0. The van der Waals surface area contributed by atoms with Crippen LogP contribution in [-0.4, -0.2) is 41.8 Å². The third kappa shape index (κ3) is 5.23. The third-order valence-electron chi connectivity index (χ3n) is 4.10. The highest BCUT2D eigenvalue weighted by atomic mass is 19.1. The molecule has 2 atom stereocenters. The van der Waals surface area contributed by atoms with Crippen LogP contribution in [0.4, 0.5) is 8.78 Å². The van der Waals surface area contributed by atoms with Gasteiger partial charge in [-0.1, -0.05) is 6.07 Å². The quantitative estimate of drug-likeness (QED) is 0.837. The fraction of sp³-hybridized carbons (Fsp3) is 0.471. The smallest absolute Gasteiger partial charge is 0.222 e. The van der Waals surface area contributed by atoms with E-state index in [1.165, 1.54) is 19.9 Å². The normalized spacial score (nSPS) is 17.9. The number of benzene rings is 1. The average Bonchev–Trinajstić information content (AvgIpc) is 2.94. The number of amides is 3. The highest BCUT2D eigenvalue weighted by Crippen LogP contribution is 2.21. The topological polar surface area (TPSA) is 78.5 Å². The largest absolute Gasteiger partial charge is 0.351 e. The molecular formula is C17H21F2N3O3. The van der Waals surface area contributed by atoms with E-state index in [0.29, 0.717) is 25.6 Å². The second kappa shape index (κ2) is 8.04. The van der Waals surface area contributed by atoms with E-state index in [-0.39, 0.29) is 29.8 Å². The molecule has 0 saturated carbocycles. The molecule has 25 heavy (non-hydrogen) atoms. The van der Waals surface area contributed by atoms with E-state index < -0.39 is 23.6 Å². The minimum absolute atomic E-state index is 0.0449. The van der Waals surface area contributed by atoms with Crippen LogP contribution in [0.15, 0.2) is 18.2 Å². The fourth-order valence-electron chi connectivity index (χ4n) is 2.90. The summed E-state index contributed by atoms with van der Waals surface area (Å²) in [6, 6.07) is 1.93. The van der Waals surface area contributed by atoms with Crippen molar-refractivity contribution in [2.24, 2.45) is 0 Å². The summed E-state index contributed by atoms with van der Waals surface area (Å²) in [5.74, 6) is -2.41. The minimum Gasteiger partial charge on any atom is -0.351 e. The molecule has 2 rings (SSSR count). The van der Waals surface area contributed by atoms with Crippen molar-refractivity contribution in [3.63, 3.8) is 0 Å². The standard InChI is InChI=1S/C17H21F2N3O3/c1-10(23)20-16(14-4-3-12(18)7-15(14)19)8-17(25)21-13-5-6-22(9-13)11(2)24/h3-4,7,13,16H,5-6,8-9H2,1-2H3,(H,20,23)(H,21,25). The molecule has 0 radical (unpaired) electrons. The van der Waals surface area contributed by atoms with Crippen LogP contribution in [0, 0.1) is 11.6 Å². The Labute approximate surface area is 144 Å². The maximum atomic E-state index is 14.0. The van der Waals surface area contributed by atoms with Gasteiger partial charge in [-0.25, -0.2) is 8.78 Å². The molecule has 1 aliphatic rings. The SMILES string of the molecule is CC(=O)NC(CC(=O)NC1CCN(C(C)=O)C1)c1ccc(F)cc1F. The zero-order valence-electron chi connectivity index (χ0n) is 14.1. The van der Waals surface area contributed by atoms with Gasteiger partial charge < -0.3 is 15.5 Å². The predicted octanol–water partition coefficient (Wildman–Crippen LogP) is 1.27. The summed E-state index contributed by atoms with van der Waals surface area (Å²) in [5, 5.41) is 5.30. The summed E-state index contributed by atoms with van der Waals surface area (Å²) in [6.07, 6.45) is 0.458. The number of rotatable bonds is 5. The second-order valence-corrected chi connectivity index (χ2v) is 6.14.